The molecule has 19 heavy (non-hydrogen) atoms. The summed E-state index contributed by atoms with van der Waals surface area (Å²) in [7, 11) is -0.571. The van der Waals surface area contributed by atoms with Crippen LogP contribution in [-0.2, 0) is 9.31 Å². The van der Waals surface area contributed by atoms with Crippen molar-refractivity contribution >= 4 is 18.5 Å². The minimum Gasteiger partial charge on any atom is -0.409 e. The van der Waals surface area contributed by atoms with E-state index in [1.165, 1.54) is 12.4 Å². The van der Waals surface area contributed by atoms with E-state index in [1.54, 1.807) is 0 Å². The molecule has 0 bridgehead atoms. The molecule has 0 unspecified atom stereocenters. The molecule has 0 radical (unpaired) electrons. The second kappa shape index (κ2) is 4.46. The maximum atomic E-state index is 8.55. The van der Waals surface area contributed by atoms with Crippen molar-refractivity contribution in [2.24, 2.45) is 10.9 Å². The predicted molar refractivity (Wildman–Crippen MR) is 70.3 cm³/mol. The fraction of sp³-hybridized carbons (Fsp3) is 0.545. The minimum absolute atomic E-state index is 0.0898. The molecular formula is C11H17BN4O3. The summed E-state index contributed by atoms with van der Waals surface area (Å²) in [5.74, 6) is -0.0898. The van der Waals surface area contributed by atoms with Crippen molar-refractivity contribution in [3.63, 3.8) is 0 Å². The van der Waals surface area contributed by atoms with Gasteiger partial charge in [-0.3, -0.25) is 9.97 Å². The third kappa shape index (κ3) is 2.41. The van der Waals surface area contributed by atoms with Gasteiger partial charge in [-0.05, 0) is 27.7 Å². The molecule has 0 spiro atoms. The molecule has 0 amide bonds. The van der Waals surface area contributed by atoms with Crippen molar-refractivity contribution in [1.29, 1.82) is 0 Å². The number of nitrogens with zero attached hydrogens (tertiary/aromatic N) is 3. The highest BCUT2D eigenvalue weighted by Crippen LogP contribution is 2.36. The van der Waals surface area contributed by atoms with Crippen LogP contribution in [-0.4, -0.2) is 39.3 Å². The Hall–Kier alpha value is -1.67. The Labute approximate surface area is 112 Å². The Morgan fingerprint density at radius 3 is 2.21 bits per heavy atom. The number of amidine groups is 1. The van der Waals surface area contributed by atoms with Crippen molar-refractivity contribution in [2.45, 2.75) is 38.9 Å². The fourth-order valence-corrected chi connectivity index (χ4v) is 1.61. The quantitative estimate of drug-likeness (QED) is 0.253. The van der Waals surface area contributed by atoms with E-state index in [4.69, 9.17) is 20.2 Å². The van der Waals surface area contributed by atoms with Gasteiger partial charge in [0.2, 0.25) is 0 Å². The Morgan fingerprint density at radius 2 is 1.79 bits per heavy atom. The van der Waals surface area contributed by atoms with Crippen molar-refractivity contribution in [2.75, 3.05) is 0 Å². The van der Waals surface area contributed by atoms with Crippen molar-refractivity contribution in [3.8, 4) is 0 Å². The van der Waals surface area contributed by atoms with Crippen molar-refractivity contribution in [1.82, 2.24) is 9.97 Å². The molecule has 0 atom stereocenters. The van der Waals surface area contributed by atoms with Crippen LogP contribution in [0.3, 0.4) is 0 Å². The highest BCUT2D eigenvalue weighted by molar-refractivity contribution is 6.61. The Balaban J connectivity index is 2.21. The zero-order chi connectivity index (χ0) is 14.3. The van der Waals surface area contributed by atoms with Gasteiger partial charge < -0.3 is 20.2 Å². The predicted octanol–water partition coefficient (Wildman–Crippen LogP) is -0.130. The minimum atomic E-state index is -0.571. The monoisotopic (exact) mass is 264 g/mol. The van der Waals surface area contributed by atoms with Crippen LogP contribution >= 0.6 is 0 Å². The maximum absolute atomic E-state index is 8.55. The first-order valence-corrected chi connectivity index (χ1v) is 5.92. The number of hydrogen-bond acceptors (Lipinski definition) is 6. The van der Waals surface area contributed by atoms with Gasteiger partial charge in [0.15, 0.2) is 5.84 Å². The van der Waals surface area contributed by atoms with E-state index in [2.05, 4.69) is 15.1 Å². The van der Waals surface area contributed by atoms with E-state index in [1.807, 2.05) is 27.7 Å². The van der Waals surface area contributed by atoms with E-state index in [0.717, 1.165) is 0 Å². The number of oxime groups is 1. The molecule has 3 N–H and O–H groups in total. The molecule has 0 aromatic carbocycles. The van der Waals surface area contributed by atoms with Gasteiger partial charge in [0.1, 0.15) is 5.69 Å². The Morgan fingerprint density at radius 1 is 1.21 bits per heavy atom. The lowest BCUT2D eigenvalue weighted by molar-refractivity contribution is 0.00578. The van der Waals surface area contributed by atoms with Crippen LogP contribution in [0, 0.1) is 0 Å². The Kier molecular flexibility index (Phi) is 3.23. The third-order valence-corrected chi connectivity index (χ3v) is 3.54. The van der Waals surface area contributed by atoms with Gasteiger partial charge in [0.05, 0.1) is 23.0 Å². The summed E-state index contributed by atoms with van der Waals surface area (Å²) in [6, 6.07) is 0. The summed E-state index contributed by atoms with van der Waals surface area (Å²) in [6.07, 6.45) is 2.91. The molecule has 0 aliphatic carbocycles. The number of rotatable bonds is 2. The van der Waals surface area contributed by atoms with E-state index in [-0.39, 0.29) is 5.84 Å². The third-order valence-electron chi connectivity index (χ3n) is 3.54. The molecule has 7 nitrogen and oxygen atoms in total. The van der Waals surface area contributed by atoms with Gasteiger partial charge in [-0.2, -0.15) is 0 Å². The van der Waals surface area contributed by atoms with Gasteiger partial charge in [-0.15, -0.1) is 0 Å². The second-order valence-electron chi connectivity index (χ2n) is 5.40. The van der Waals surface area contributed by atoms with E-state index < -0.39 is 18.3 Å². The highest BCUT2D eigenvalue weighted by Gasteiger charge is 2.52. The normalized spacial score (nSPS) is 21.7. The van der Waals surface area contributed by atoms with Crippen LogP contribution in [0.1, 0.15) is 33.4 Å². The van der Waals surface area contributed by atoms with Gasteiger partial charge in [0, 0.05) is 6.20 Å². The molecule has 1 saturated heterocycles. The zero-order valence-electron chi connectivity index (χ0n) is 11.4. The fourth-order valence-electron chi connectivity index (χ4n) is 1.61. The van der Waals surface area contributed by atoms with Gasteiger partial charge >= 0.3 is 7.12 Å². The van der Waals surface area contributed by atoms with Crippen LogP contribution in [0.25, 0.3) is 0 Å². The zero-order valence-corrected chi connectivity index (χ0v) is 11.4. The lowest BCUT2D eigenvalue weighted by Crippen LogP contribution is -2.41. The molecule has 2 heterocycles. The van der Waals surface area contributed by atoms with Crippen LogP contribution < -0.4 is 11.3 Å². The van der Waals surface area contributed by atoms with Crippen LogP contribution in [0.5, 0.6) is 0 Å². The number of aromatic nitrogens is 2. The number of nitrogens with two attached hydrogens (primary N) is 1. The van der Waals surface area contributed by atoms with E-state index >= 15 is 0 Å². The maximum Gasteiger partial charge on any atom is 0.516 e. The summed E-state index contributed by atoms with van der Waals surface area (Å²) >= 11 is 0. The molecule has 1 aromatic heterocycles. The van der Waals surface area contributed by atoms with Gasteiger partial charge in [-0.25, -0.2) is 0 Å². The standard InChI is InChI=1S/C11H17BN4O3/c1-10(2)11(3,4)19-12(18-10)8-6-14-7(5-15-8)9(13)16-17/h5-6,17H,1-4H3,(H2,13,16). The molecular weight excluding hydrogens is 247 g/mol. The molecule has 1 aliphatic heterocycles. The first-order chi connectivity index (χ1) is 8.77. The molecule has 102 valence electrons. The largest absolute Gasteiger partial charge is 0.516 e. The molecule has 1 fully saturated rings. The number of hydrogen-bond donors (Lipinski definition) is 2. The summed E-state index contributed by atoms with van der Waals surface area (Å²) < 4.78 is 11.7. The highest BCUT2D eigenvalue weighted by atomic mass is 16.7. The van der Waals surface area contributed by atoms with Gasteiger partial charge in [0.25, 0.3) is 0 Å². The van der Waals surface area contributed by atoms with E-state index in [9.17, 15) is 0 Å². The van der Waals surface area contributed by atoms with Crippen LogP contribution in [0.4, 0.5) is 0 Å². The molecule has 8 heteroatoms. The van der Waals surface area contributed by atoms with Crippen LogP contribution in [0.2, 0.25) is 0 Å². The smallest absolute Gasteiger partial charge is 0.409 e. The molecule has 1 aromatic rings. The van der Waals surface area contributed by atoms with E-state index in [0.29, 0.717) is 11.3 Å². The Bertz CT molecular complexity index is 485. The summed E-state index contributed by atoms with van der Waals surface area (Å²) in [4.78, 5) is 8.23. The van der Waals surface area contributed by atoms with Gasteiger partial charge in [-0.1, -0.05) is 5.16 Å². The van der Waals surface area contributed by atoms with Crippen LogP contribution in [0.15, 0.2) is 17.5 Å². The average molecular weight is 264 g/mol. The average Bonchev–Trinajstić information content (AvgIpc) is 2.58. The lowest BCUT2D eigenvalue weighted by Gasteiger charge is -2.32. The summed E-state index contributed by atoms with van der Waals surface area (Å²) in [6.45, 7) is 7.85. The van der Waals surface area contributed by atoms with Crippen molar-refractivity contribution in [3.05, 3.63) is 18.1 Å². The van der Waals surface area contributed by atoms with Crippen molar-refractivity contribution < 1.29 is 14.5 Å². The second-order valence-corrected chi connectivity index (χ2v) is 5.40. The first-order valence-electron chi connectivity index (χ1n) is 5.92. The molecule has 2 rings (SSSR count). The summed E-state index contributed by atoms with van der Waals surface area (Å²) in [5, 5.41) is 11.4. The SMILES string of the molecule is CC1(C)OB(c2cnc(/C(N)=N/O)cn2)OC1(C)C. The summed E-state index contributed by atoms with van der Waals surface area (Å²) in [5.41, 5.74) is 5.41. The first kappa shape index (κ1) is 13.8. The molecule has 1 aliphatic rings. The topological polar surface area (TPSA) is 103 Å². The molecule has 0 saturated carbocycles. The lowest BCUT2D eigenvalue weighted by atomic mass is 9.85.